The van der Waals surface area contributed by atoms with Gasteiger partial charge in [0.05, 0.1) is 12.3 Å². The molecule has 3 heterocycles. The van der Waals surface area contributed by atoms with Crippen LogP contribution in [0.15, 0.2) is 41.2 Å². The van der Waals surface area contributed by atoms with Crippen LogP contribution in [-0.4, -0.2) is 26.7 Å². The van der Waals surface area contributed by atoms with Gasteiger partial charge < -0.3 is 14.2 Å². The average molecular weight is 256 g/mol. The zero-order valence-corrected chi connectivity index (χ0v) is 10.3. The Balaban J connectivity index is 1.99. The minimum atomic E-state index is 0.390. The largest absolute Gasteiger partial charge is 0.477 e. The smallest absolute Gasteiger partial charge is 0.263 e. The topological polar surface area (TPSA) is 76.8 Å². The molecule has 0 aliphatic rings. The van der Waals surface area contributed by atoms with E-state index in [2.05, 4.69) is 20.1 Å². The standard InChI is InChI=1S/C13H12N4O2/c1-2-18-12-9(5-3-8-15-12)13-16-11(17-19-13)10-6-4-7-14-10/h3-8,14H,2H2,1H3. The van der Waals surface area contributed by atoms with E-state index in [9.17, 15) is 0 Å². The highest BCUT2D eigenvalue weighted by molar-refractivity contribution is 5.62. The number of hydrogen-bond donors (Lipinski definition) is 1. The molecule has 0 atom stereocenters. The normalized spacial score (nSPS) is 10.6. The fourth-order valence-corrected chi connectivity index (χ4v) is 1.72. The maximum absolute atomic E-state index is 5.44. The summed E-state index contributed by atoms with van der Waals surface area (Å²) in [6.45, 7) is 2.43. The summed E-state index contributed by atoms with van der Waals surface area (Å²) in [7, 11) is 0. The molecule has 3 rings (SSSR count). The van der Waals surface area contributed by atoms with E-state index in [-0.39, 0.29) is 0 Å². The zero-order chi connectivity index (χ0) is 13.1. The van der Waals surface area contributed by atoms with E-state index in [4.69, 9.17) is 9.26 Å². The minimum Gasteiger partial charge on any atom is -0.477 e. The predicted octanol–water partition coefficient (Wildman–Crippen LogP) is 2.53. The molecule has 0 saturated carbocycles. The Morgan fingerprint density at radius 3 is 3.05 bits per heavy atom. The molecule has 0 aliphatic carbocycles. The lowest BCUT2D eigenvalue weighted by Crippen LogP contribution is -1.96. The second-order valence-electron chi connectivity index (χ2n) is 3.80. The third-order valence-corrected chi connectivity index (χ3v) is 2.55. The summed E-state index contributed by atoms with van der Waals surface area (Å²) in [5, 5.41) is 3.94. The molecule has 0 fully saturated rings. The fraction of sp³-hybridized carbons (Fsp3) is 0.154. The van der Waals surface area contributed by atoms with Gasteiger partial charge in [0.25, 0.3) is 5.89 Å². The van der Waals surface area contributed by atoms with E-state index >= 15 is 0 Å². The molecule has 96 valence electrons. The highest BCUT2D eigenvalue weighted by Crippen LogP contribution is 2.27. The van der Waals surface area contributed by atoms with Crippen LogP contribution in [0.2, 0.25) is 0 Å². The number of aromatic amines is 1. The number of rotatable bonds is 4. The summed E-state index contributed by atoms with van der Waals surface area (Å²) in [5.74, 6) is 1.39. The Morgan fingerprint density at radius 2 is 2.26 bits per heavy atom. The van der Waals surface area contributed by atoms with E-state index in [0.29, 0.717) is 29.8 Å². The summed E-state index contributed by atoms with van der Waals surface area (Å²) in [4.78, 5) is 11.5. The van der Waals surface area contributed by atoms with Crippen molar-refractivity contribution >= 4 is 0 Å². The number of hydrogen-bond acceptors (Lipinski definition) is 5. The first-order chi connectivity index (χ1) is 9.38. The number of nitrogens with one attached hydrogen (secondary N) is 1. The van der Waals surface area contributed by atoms with Gasteiger partial charge in [-0.25, -0.2) is 4.98 Å². The molecule has 6 heteroatoms. The van der Waals surface area contributed by atoms with E-state index in [1.807, 2.05) is 25.1 Å². The van der Waals surface area contributed by atoms with Crippen LogP contribution in [0.1, 0.15) is 6.92 Å². The first kappa shape index (κ1) is 11.5. The van der Waals surface area contributed by atoms with Gasteiger partial charge in [0.15, 0.2) is 0 Å². The molecular formula is C13H12N4O2. The summed E-state index contributed by atoms with van der Waals surface area (Å²) in [6.07, 6.45) is 3.47. The highest BCUT2D eigenvalue weighted by atomic mass is 16.5. The van der Waals surface area contributed by atoms with Crippen molar-refractivity contribution in [2.24, 2.45) is 0 Å². The Hall–Kier alpha value is -2.63. The lowest BCUT2D eigenvalue weighted by Gasteiger charge is -2.04. The van der Waals surface area contributed by atoms with Crippen molar-refractivity contribution in [3.63, 3.8) is 0 Å². The van der Waals surface area contributed by atoms with E-state index in [0.717, 1.165) is 5.69 Å². The molecule has 0 aromatic carbocycles. The summed E-state index contributed by atoms with van der Waals surface area (Å²) < 4.78 is 10.7. The molecule has 19 heavy (non-hydrogen) atoms. The van der Waals surface area contributed by atoms with Crippen LogP contribution < -0.4 is 4.74 Å². The van der Waals surface area contributed by atoms with Crippen molar-refractivity contribution in [1.82, 2.24) is 20.1 Å². The first-order valence-electron chi connectivity index (χ1n) is 5.94. The van der Waals surface area contributed by atoms with Crippen LogP contribution in [0, 0.1) is 0 Å². The zero-order valence-electron chi connectivity index (χ0n) is 10.3. The number of ether oxygens (including phenoxy) is 1. The Morgan fingerprint density at radius 1 is 1.32 bits per heavy atom. The lowest BCUT2D eigenvalue weighted by atomic mass is 10.2. The molecule has 0 saturated heterocycles. The van der Waals surface area contributed by atoms with E-state index in [1.54, 1.807) is 18.5 Å². The average Bonchev–Trinajstić information content (AvgIpc) is 3.11. The van der Waals surface area contributed by atoms with Crippen LogP contribution >= 0.6 is 0 Å². The summed E-state index contributed by atoms with van der Waals surface area (Å²) in [5.41, 5.74) is 1.49. The predicted molar refractivity (Wildman–Crippen MR) is 68.5 cm³/mol. The van der Waals surface area contributed by atoms with Gasteiger partial charge >= 0.3 is 0 Å². The molecule has 0 radical (unpaired) electrons. The van der Waals surface area contributed by atoms with Crippen LogP contribution in [0.4, 0.5) is 0 Å². The molecular weight excluding hydrogens is 244 g/mol. The van der Waals surface area contributed by atoms with Gasteiger partial charge in [-0.05, 0) is 31.2 Å². The van der Waals surface area contributed by atoms with Crippen molar-refractivity contribution in [2.75, 3.05) is 6.61 Å². The highest BCUT2D eigenvalue weighted by Gasteiger charge is 2.15. The van der Waals surface area contributed by atoms with Gasteiger partial charge in [0.2, 0.25) is 11.7 Å². The molecule has 0 unspecified atom stereocenters. The van der Waals surface area contributed by atoms with Crippen LogP contribution in [0.5, 0.6) is 5.88 Å². The third kappa shape index (κ3) is 2.20. The molecule has 1 N–H and O–H groups in total. The Kier molecular flexibility index (Phi) is 2.97. The summed E-state index contributed by atoms with van der Waals surface area (Å²) >= 11 is 0. The van der Waals surface area contributed by atoms with Gasteiger partial charge in [-0.2, -0.15) is 4.98 Å². The minimum absolute atomic E-state index is 0.390. The van der Waals surface area contributed by atoms with E-state index in [1.165, 1.54) is 0 Å². The fourth-order valence-electron chi connectivity index (χ4n) is 1.72. The van der Waals surface area contributed by atoms with Gasteiger partial charge in [0.1, 0.15) is 5.56 Å². The monoisotopic (exact) mass is 256 g/mol. The molecule has 3 aromatic heterocycles. The second-order valence-corrected chi connectivity index (χ2v) is 3.80. The molecule has 0 aliphatic heterocycles. The van der Waals surface area contributed by atoms with Crippen molar-refractivity contribution in [2.45, 2.75) is 6.92 Å². The van der Waals surface area contributed by atoms with Gasteiger partial charge in [-0.3, -0.25) is 0 Å². The lowest BCUT2D eigenvalue weighted by molar-refractivity contribution is 0.326. The molecule has 6 nitrogen and oxygen atoms in total. The molecule has 0 spiro atoms. The Labute approximate surface area is 109 Å². The van der Waals surface area contributed by atoms with Crippen LogP contribution in [0.3, 0.4) is 0 Å². The number of pyridine rings is 1. The van der Waals surface area contributed by atoms with Gasteiger partial charge in [-0.15, -0.1) is 0 Å². The summed E-state index contributed by atoms with van der Waals surface area (Å²) in [6, 6.07) is 7.39. The van der Waals surface area contributed by atoms with Crippen molar-refractivity contribution in [3.8, 4) is 28.9 Å². The number of nitrogens with zero attached hydrogens (tertiary/aromatic N) is 3. The molecule has 0 bridgehead atoms. The SMILES string of the molecule is CCOc1ncccc1-c1nc(-c2ccc[nH]2)no1. The molecule has 3 aromatic rings. The third-order valence-electron chi connectivity index (χ3n) is 2.55. The maximum atomic E-state index is 5.44. The second kappa shape index (κ2) is 4.93. The van der Waals surface area contributed by atoms with Crippen molar-refractivity contribution in [3.05, 3.63) is 36.7 Å². The first-order valence-corrected chi connectivity index (χ1v) is 5.94. The van der Waals surface area contributed by atoms with Crippen molar-refractivity contribution in [1.29, 1.82) is 0 Å². The quantitative estimate of drug-likeness (QED) is 0.776. The van der Waals surface area contributed by atoms with Crippen LogP contribution in [-0.2, 0) is 0 Å². The van der Waals surface area contributed by atoms with Crippen molar-refractivity contribution < 1.29 is 9.26 Å². The Bertz CT molecular complexity index is 661. The van der Waals surface area contributed by atoms with Gasteiger partial charge in [0, 0.05) is 12.4 Å². The maximum Gasteiger partial charge on any atom is 0.263 e. The van der Waals surface area contributed by atoms with E-state index < -0.39 is 0 Å². The number of aromatic nitrogens is 4. The van der Waals surface area contributed by atoms with Gasteiger partial charge in [-0.1, -0.05) is 5.16 Å². The van der Waals surface area contributed by atoms with Crippen LogP contribution in [0.25, 0.3) is 23.0 Å². The number of H-pyrrole nitrogens is 1. The molecule has 0 amide bonds.